The van der Waals surface area contributed by atoms with Crippen molar-refractivity contribution < 1.29 is 40.7 Å². The zero-order valence-electron chi connectivity index (χ0n) is 21.0. The van der Waals surface area contributed by atoms with Crippen LogP contribution in [0.25, 0.3) is 16.3 Å². The van der Waals surface area contributed by atoms with Gasteiger partial charge in [0.15, 0.2) is 6.54 Å². The summed E-state index contributed by atoms with van der Waals surface area (Å²) in [5.74, 6) is -0.601. The van der Waals surface area contributed by atoms with E-state index in [0.717, 1.165) is 36.4 Å². The molecule has 2 aromatic carbocycles. The van der Waals surface area contributed by atoms with Crippen LogP contribution < -0.4 is 9.47 Å². The maximum absolute atomic E-state index is 11.3. The SMILES string of the molecule is CCC(=Cc1sc2ccc(O)cc2[n+]1CCCS(=O)(=O)O)C=C1Sc2ccc(O)cc2N1CCCS(=O)(=O)O. The molecule has 1 aliphatic rings. The predicted molar refractivity (Wildman–Crippen MR) is 153 cm³/mol. The summed E-state index contributed by atoms with van der Waals surface area (Å²) in [6, 6.07) is 10.0. The number of aromatic nitrogens is 1. The van der Waals surface area contributed by atoms with Crippen molar-refractivity contribution in [3.8, 4) is 11.5 Å². The van der Waals surface area contributed by atoms with Crippen molar-refractivity contribution in [3.63, 3.8) is 0 Å². The Bertz CT molecular complexity index is 1660. The van der Waals surface area contributed by atoms with Gasteiger partial charge in [0, 0.05) is 30.0 Å². The zero-order chi connectivity index (χ0) is 28.4. The summed E-state index contributed by atoms with van der Waals surface area (Å²) in [6.45, 7) is 2.61. The number of phenolic OH excluding ortho intramolecular Hbond substituents is 2. The number of hydrogen-bond acceptors (Lipinski definition) is 9. The van der Waals surface area contributed by atoms with Crippen LogP contribution in [0.1, 0.15) is 31.2 Å². The van der Waals surface area contributed by atoms with E-state index in [0.29, 0.717) is 19.5 Å². The van der Waals surface area contributed by atoms with Gasteiger partial charge in [-0.3, -0.25) is 9.11 Å². The predicted octanol–water partition coefficient (Wildman–Crippen LogP) is 4.40. The van der Waals surface area contributed by atoms with E-state index in [4.69, 9.17) is 0 Å². The fraction of sp³-hybridized carbons (Fsp3) is 0.320. The van der Waals surface area contributed by atoms with E-state index in [-0.39, 0.29) is 35.8 Å². The molecular weight excluding hydrogens is 585 g/mol. The lowest BCUT2D eigenvalue weighted by molar-refractivity contribution is -0.668. The number of anilines is 1. The molecule has 0 spiro atoms. The van der Waals surface area contributed by atoms with Crippen LogP contribution in [0.15, 0.2) is 58.0 Å². The molecule has 0 amide bonds. The first-order valence-electron chi connectivity index (χ1n) is 12.1. The first kappa shape index (κ1) is 29.4. The van der Waals surface area contributed by atoms with E-state index in [1.54, 1.807) is 36.4 Å². The number of rotatable bonds is 11. The lowest BCUT2D eigenvalue weighted by atomic mass is 10.2. The lowest BCUT2D eigenvalue weighted by Gasteiger charge is -2.20. The summed E-state index contributed by atoms with van der Waals surface area (Å²) in [7, 11) is -8.22. The molecule has 210 valence electrons. The van der Waals surface area contributed by atoms with Crippen molar-refractivity contribution in [2.24, 2.45) is 0 Å². The molecule has 0 saturated heterocycles. The van der Waals surface area contributed by atoms with Crippen molar-refractivity contribution >= 4 is 65.3 Å². The monoisotopic (exact) mass is 613 g/mol. The maximum atomic E-state index is 11.3. The molecule has 3 aromatic rings. The molecule has 0 radical (unpaired) electrons. The molecule has 0 atom stereocenters. The highest BCUT2D eigenvalue weighted by Gasteiger charge is 2.27. The van der Waals surface area contributed by atoms with E-state index >= 15 is 0 Å². The number of allylic oxidation sites excluding steroid dienone is 2. The molecule has 0 unspecified atom stereocenters. The van der Waals surface area contributed by atoms with Crippen molar-refractivity contribution in [1.82, 2.24) is 0 Å². The van der Waals surface area contributed by atoms with Gasteiger partial charge in [-0.15, -0.1) is 0 Å². The van der Waals surface area contributed by atoms with Gasteiger partial charge in [-0.25, -0.2) is 0 Å². The second kappa shape index (κ2) is 11.9. The van der Waals surface area contributed by atoms with Gasteiger partial charge in [-0.05, 0) is 48.8 Å². The van der Waals surface area contributed by atoms with Gasteiger partial charge in [-0.2, -0.15) is 21.4 Å². The third-order valence-corrected chi connectivity index (χ3v) is 9.86. The number of benzene rings is 2. The van der Waals surface area contributed by atoms with Crippen LogP contribution in [0.3, 0.4) is 0 Å². The molecule has 14 heteroatoms. The van der Waals surface area contributed by atoms with Gasteiger partial charge in [0.25, 0.3) is 25.2 Å². The van der Waals surface area contributed by atoms with E-state index in [1.807, 2.05) is 28.5 Å². The van der Waals surface area contributed by atoms with Crippen molar-refractivity contribution in [2.75, 3.05) is 23.0 Å². The van der Waals surface area contributed by atoms with E-state index in [1.165, 1.54) is 23.1 Å². The van der Waals surface area contributed by atoms with Gasteiger partial charge in [0.2, 0.25) is 5.52 Å². The average Bonchev–Trinajstić information content (AvgIpc) is 3.34. The quantitative estimate of drug-likeness (QED) is 0.181. The third kappa shape index (κ3) is 7.74. The Morgan fingerprint density at radius 1 is 0.974 bits per heavy atom. The lowest BCUT2D eigenvalue weighted by Crippen LogP contribution is -2.36. The second-order valence-electron chi connectivity index (χ2n) is 8.98. The Morgan fingerprint density at radius 3 is 2.33 bits per heavy atom. The molecule has 2 heterocycles. The number of phenols is 2. The minimum Gasteiger partial charge on any atom is -0.508 e. The average molecular weight is 614 g/mol. The number of nitrogens with zero attached hydrogens (tertiary/aromatic N) is 2. The molecule has 1 aromatic heterocycles. The van der Waals surface area contributed by atoms with Crippen molar-refractivity contribution in [1.29, 1.82) is 0 Å². The van der Waals surface area contributed by atoms with Crippen molar-refractivity contribution in [3.05, 3.63) is 58.1 Å². The number of fused-ring (bicyclic) bond motifs is 2. The van der Waals surface area contributed by atoms with Gasteiger partial charge >= 0.3 is 0 Å². The van der Waals surface area contributed by atoms with Crippen LogP contribution >= 0.6 is 23.1 Å². The van der Waals surface area contributed by atoms with Gasteiger partial charge in [0.05, 0.1) is 28.3 Å². The number of aromatic hydroxyl groups is 2. The van der Waals surface area contributed by atoms with Gasteiger partial charge < -0.3 is 15.1 Å². The topological polar surface area (TPSA) is 156 Å². The minimum absolute atomic E-state index is 0.0844. The Balaban J connectivity index is 1.71. The smallest absolute Gasteiger partial charge is 0.265 e. The molecule has 10 nitrogen and oxygen atoms in total. The normalized spacial score (nSPS) is 15.4. The summed E-state index contributed by atoms with van der Waals surface area (Å²) in [6.07, 6.45) is 4.99. The summed E-state index contributed by atoms with van der Waals surface area (Å²) >= 11 is 2.97. The molecule has 4 rings (SSSR count). The number of thioether (sulfide) groups is 1. The summed E-state index contributed by atoms with van der Waals surface area (Å²) in [4.78, 5) is 2.82. The van der Waals surface area contributed by atoms with Crippen LogP contribution in [0.5, 0.6) is 11.5 Å². The molecule has 39 heavy (non-hydrogen) atoms. The fourth-order valence-electron chi connectivity index (χ4n) is 4.23. The molecule has 0 fully saturated rings. The molecule has 0 saturated carbocycles. The largest absolute Gasteiger partial charge is 0.508 e. The van der Waals surface area contributed by atoms with E-state index in [2.05, 4.69) is 0 Å². The number of aryl methyl sites for hydroxylation is 1. The van der Waals surface area contributed by atoms with E-state index in [9.17, 15) is 36.2 Å². The maximum Gasteiger partial charge on any atom is 0.265 e. The van der Waals surface area contributed by atoms with Crippen LogP contribution in [0, 0.1) is 0 Å². The molecule has 1 aliphatic heterocycles. The van der Waals surface area contributed by atoms with Crippen LogP contribution in [-0.4, -0.2) is 54.2 Å². The summed E-state index contributed by atoms with van der Waals surface area (Å²) in [5, 5.41) is 21.7. The highest BCUT2D eigenvalue weighted by Crippen LogP contribution is 2.47. The highest BCUT2D eigenvalue weighted by atomic mass is 32.2. The molecule has 0 aliphatic carbocycles. The number of hydrogen-bond donors (Lipinski definition) is 4. The second-order valence-corrected chi connectivity index (χ2v) is 14.3. The Hall–Kier alpha value is -2.62. The molecular formula is C25H29N2O8S4+. The third-order valence-electron chi connectivity index (χ3n) is 6.02. The van der Waals surface area contributed by atoms with E-state index < -0.39 is 20.2 Å². The Labute approximate surface area is 235 Å². The van der Waals surface area contributed by atoms with Crippen LogP contribution in [-0.2, 0) is 26.8 Å². The van der Waals surface area contributed by atoms with Gasteiger partial charge in [-0.1, -0.05) is 30.0 Å². The van der Waals surface area contributed by atoms with Crippen molar-refractivity contribution in [2.45, 2.75) is 37.6 Å². The molecule has 0 bridgehead atoms. The standard InChI is InChI=1S/C25H28N2O8S4/c1-2-17(13-24-26(9-3-11-38(30,31)32)20-15-18(28)5-7-22(20)36-24)14-25-27(10-4-12-39(33,34)35)21-16-19(29)6-8-23(21)37-25/h5-8,13-16H,2-4,9-12H2,1H3,(H3-,28,29,30,31,32,33,34,35)/p+1. The summed E-state index contributed by atoms with van der Waals surface area (Å²) in [5.41, 5.74) is 2.43. The zero-order valence-corrected chi connectivity index (χ0v) is 24.3. The summed E-state index contributed by atoms with van der Waals surface area (Å²) < 4.78 is 66.3. The highest BCUT2D eigenvalue weighted by molar-refractivity contribution is 8.03. The van der Waals surface area contributed by atoms with Crippen LogP contribution in [0.2, 0.25) is 0 Å². The van der Waals surface area contributed by atoms with Crippen LogP contribution in [0.4, 0.5) is 5.69 Å². The Kier molecular flexibility index (Phi) is 8.93. The minimum atomic E-state index is -4.11. The van der Waals surface area contributed by atoms with Gasteiger partial charge in [0.1, 0.15) is 16.2 Å². The Morgan fingerprint density at radius 2 is 1.64 bits per heavy atom. The number of thiazole rings is 1. The first-order chi connectivity index (χ1) is 18.3. The molecule has 4 N–H and O–H groups in total. The fourth-order valence-corrected chi connectivity index (χ4v) is 7.51. The first-order valence-corrected chi connectivity index (χ1v) is 16.9.